The highest BCUT2D eigenvalue weighted by atomic mass is 35.5. The summed E-state index contributed by atoms with van der Waals surface area (Å²) in [6, 6.07) is 15.4. The van der Waals surface area contributed by atoms with E-state index in [-0.39, 0.29) is 5.91 Å². The van der Waals surface area contributed by atoms with Crippen molar-refractivity contribution in [3.63, 3.8) is 0 Å². The van der Waals surface area contributed by atoms with E-state index in [4.69, 9.17) is 11.6 Å². The zero-order valence-corrected chi connectivity index (χ0v) is 15.5. The number of carbonyl (C=O) groups is 1. The average molecular weight is 366 g/mol. The Morgan fingerprint density at radius 2 is 1.65 bits per heavy atom. The van der Waals surface area contributed by atoms with Gasteiger partial charge in [-0.15, -0.1) is 0 Å². The van der Waals surface area contributed by atoms with Gasteiger partial charge >= 0.3 is 0 Å². The largest absolute Gasteiger partial charge is 0.354 e. The molecule has 2 N–H and O–H groups in total. The average Bonchev–Trinajstić information content (AvgIpc) is 2.60. The summed E-state index contributed by atoms with van der Waals surface area (Å²) in [6.07, 6.45) is 3.26. The molecule has 0 radical (unpaired) electrons. The minimum Gasteiger partial charge on any atom is -0.354 e. The minimum atomic E-state index is -0.170. The highest BCUT2D eigenvalue weighted by Crippen LogP contribution is 2.20. The fourth-order valence-corrected chi connectivity index (χ4v) is 2.86. The molecule has 0 saturated carbocycles. The topological polar surface area (TPSA) is 54.0 Å². The summed E-state index contributed by atoms with van der Waals surface area (Å²) < 4.78 is 0. The van der Waals surface area contributed by atoms with E-state index in [1.165, 1.54) is 11.1 Å². The van der Waals surface area contributed by atoms with Crippen LogP contribution in [-0.4, -0.2) is 10.9 Å². The predicted molar refractivity (Wildman–Crippen MR) is 106 cm³/mol. The third-order valence-electron chi connectivity index (χ3n) is 3.88. The van der Waals surface area contributed by atoms with Crippen LogP contribution in [0.2, 0.25) is 5.02 Å². The van der Waals surface area contributed by atoms with Crippen LogP contribution in [0.25, 0.3) is 0 Å². The molecule has 4 nitrogen and oxygen atoms in total. The van der Waals surface area contributed by atoms with Crippen molar-refractivity contribution in [3.05, 3.63) is 88.2 Å². The first-order chi connectivity index (χ1) is 12.5. The Morgan fingerprint density at radius 1 is 0.962 bits per heavy atom. The van der Waals surface area contributed by atoms with Crippen LogP contribution < -0.4 is 10.6 Å². The molecule has 0 saturated heterocycles. The number of carbonyl (C=O) groups excluding carboxylic acids is 1. The lowest BCUT2D eigenvalue weighted by Crippen LogP contribution is -2.23. The van der Waals surface area contributed by atoms with E-state index in [0.29, 0.717) is 17.1 Å². The fourth-order valence-electron chi connectivity index (χ4n) is 2.73. The fraction of sp³-hybridized carbons (Fsp3) is 0.143. The van der Waals surface area contributed by atoms with Crippen molar-refractivity contribution in [3.8, 4) is 0 Å². The van der Waals surface area contributed by atoms with Gasteiger partial charge in [-0.05, 0) is 60.9 Å². The van der Waals surface area contributed by atoms with Gasteiger partial charge in [0.25, 0.3) is 5.91 Å². The highest BCUT2D eigenvalue weighted by Gasteiger charge is 2.07. The molecule has 0 atom stereocenters. The second-order valence-electron chi connectivity index (χ2n) is 6.27. The zero-order chi connectivity index (χ0) is 18.5. The van der Waals surface area contributed by atoms with Gasteiger partial charge in [-0.3, -0.25) is 9.78 Å². The maximum atomic E-state index is 12.4. The van der Waals surface area contributed by atoms with Crippen LogP contribution in [0.5, 0.6) is 0 Å². The SMILES string of the molecule is Cc1cc(C)cc(Nc2cncc(C(=O)NCc3ccc(Cl)cc3)c2)c1. The first kappa shape index (κ1) is 18.0. The number of benzene rings is 2. The van der Waals surface area contributed by atoms with Crippen molar-refractivity contribution >= 4 is 28.9 Å². The van der Waals surface area contributed by atoms with Gasteiger partial charge in [0, 0.05) is 23.5 Å². The quantitative estimate of drug-likeness (QED) is 0.667. The van der Waals surface area contributed by atoms with Gasteiger partial charge in [-0.1, -0.05) is 29.8 Å². The third kappa shape index (κ3) is 4.83. The van der Waals surface area contributed by atoms with E-state index in [9.17, 15) is 4.79 Å². The van der Waals surface area contributed by atoms with E-state index in [1.54, 1.807) is 30.6 Å². The van der Waals surface area contributed by atoms with E-state index < -0.39 is 0 Å². The van der Waals surface area contributed by atoms with Gasteiger partial charge in [0.1, 0.15) is 0 Å². The molecule has 2 aromatic carbocycles. The first-order valence-corrected chi connectivity index (χ1v) is 8.70. The molecule has 0 aliphatic heterocycles. The molecule has 0 fully saturated rings. The number of amides is 1. The molecule has 3 aromatic rings. The summed E-state index contributed by atoms with van der Waals surface area (Å²) in [5, 5.41) is 6.87. The van der Waals surface area contributed by atoms with Gasteiger partial charge < -0.3 is 10.6 Å². The van der Waals surface area contributed by atoms with Crippen molar-refractivity contribution in [1.82, 2.24) is 10.3 Å². The van der Waals surface area contributed by atoms with Gasteiger partial charge in [-0.25, -0.2) is 0 Å². The molecular formula is C21H20ClN3O. The number of hydrogen-bond donors (Lipinski definition) is 2. The van der Waals surface area contributed by atoms with E-state index >= 15 is 0 Å². The molecule has 1 aromatic heterocycles. The summed E-state index contributed by atoms with van der Waals surface area (Å²) in [6.45, 7) is 4.54. The molecule has 0 spiro atoms. The van der Waals surface area contributed by atoms with E-state index in [2.05, 4.69) is 47.7 Å². The monoisotopic (exact) mass is 365 g/mol. The van der Waals surface area contributed by atoms with Crippen molar-refractivity contribution in [2.75, 3.05) is 5.32 Å². The molecule has 1 amide bonds. The van der Waals surface area contributed by atoms with Gasteiger partial charge in [-0.2, -0.15) is 0 Å². The lowest BCUT2D eigenvalue weighted by atomic mass is 10.1. The van der Waals surface area contributed by atoms with Crippen molar-refractivity contribution < 1.29 is 4.79 Å². The minimum absolute atomic E-state index is 0.170. The number of nitrogens with one attached hydrogen (secondary N) is 2. The number of pyridine rings is 1. The molecule has 1 heterocycles. The lowest BCUT2D eigenvalue weighted by Gasteiger charge is -2.10. The van der Waals surface area contributed by atoms with Crippen LogP contribution in [0.3, 0.4) is 0 Å². The predicted octanol–water partition coefficient (Wildman–Crippen LogP) is 5.03. The first-order valence-electron chi connectivity index (χ1n) is 8.32. The third-order valence-corrected chi connectivity index (χ3v) is 4.13. The van der Waals surface area contributed by atoms with Crippen LogP contribution >= 0.6 is 11.6 Å². The summed E-state index contributed by atoms with van der Waals surface area (Å²) in [7, 11) is 0. The van der Waals surface area contributed by atoms with Crippen molar-refractivity contribution in [2.24, 2.45) is 0 Å². The Labute approximate surface area is 158 Å². The Morgan fingerprint density at radius 3 is 2.35 bits per heavy atom. The van der Waals surface area contributed by atoms with Gasteiger partial charge in [0.2, 0.25) is 0 Å². The van der Waals surface area contributed by atoms with Crippen LogP contribution in [0, 0.1) is 13.8 Å². The Hall–Kier alpha value is -2.85. The smallest absolute Gasteiger partial charge is 0.253 e. The molecule has 3 rings (SSSR count). The van der Waals surface area contributed by atoms with Crippen LogP contribution in [0.15, 0.2) is 60.9 Å². The number of aryl methyl sites for hydroxylation is 2. The van der Waals surface area contributed by atoms with Crippen LogP contribution in [0.1, 0.15) is 27.0 Å². The number of aromatic nitrogens is 1. The summed E-state index contributed by atoms with van der Waals surface area (Å²) in [4.78, 5) is 16.6. The molecule has 26 heavy (non-hydrogen) atoms. The summed E-state index contributed by atoms with van der Waals surface area (Å²) in [5.41, 5.74) is 5.60. The standard InChI is InChI=1S/C21H20ClN3O/c1-14-7-15(2)9-19(8-14)25-20-10-17(12-23-13-20)21(26)24-11-16-3-5-18(22)6-4-16/h3-10,12-13,25H,11H2,1-2H3,(H,24,26). The van der Waals surface area contributed by atoms with Gasteiger partial charge in [0.05, 0.1) is 17.4 Å². The summed E-state index contributed by atoms with van der Waals surface area (Å²) >= 11 is 5.87. The number of halogens is 1. The molecule has 5 heteroatoms. The molecule has 0 unspecified atom stereocenters. The summed E-state index contributed by atoms with van der Waals surface area (Å²) in [5.74, 6) is -0.170. The van der Waals surface area contributed by atoms with E-state index in [0.717, 1.165) is 16.9 Å². The number of anilines is 2. The highest BCUT2D eigenvalue weighted by molar-refractivity contribution is 6.30. The molecule has 0 bridgehead atoms. The van der Waals surface area contributed by atoms with E-state index in [1.807, 2.05) is 12.1 Å². The molecule has 0 aliphatic carbocycles. The zero-order valence-electron chi connectivity index (χ0n) is 14.7. The van der Waals surface area contributed by atoms with Crippen molar-refractivity contribution in [2.45, 2.75) is 20.4 Å². The molecule has 132 valence electrons. The lowest BCUT2D eigenvalue weighted by molar-refractivity contribution is 0.0950. The molecule has 0 aliphatic rings. The number of hydrogen-bond acceptors (Lipinski definition) is 3. The van der Waals surface area contributed by atoms with Crippen molar-refractivity contribution in [1.29, 1.82) is 0 Å². The Bertz CT molecular complexity index is 903. The Balaban J connectivity index is 1.67. The van der Waals surface area contributed by atoms with Crippen LogP contribution in [-0.2, 0) is 6.54 Å². The number of rotatable bonds is 5. The molecular weight excluding hydrogens is 346 g/mol. The maximum absolute atomic E-state index is 12.4. The normalized spacial score (nSPS) is 10.4. The maximum Gasteiger partial charge on any atom is 0.253 e. The Kier molecular flexibility index (Phi) is 5.54. The van der Waals surface area contributed by atoms with Crippen LogP contribution in [0.4, 0.5) is 11.4 Å². The van der Waals surface area contributed by atoms with Gasteiger partial charge in [0.15, 0.2) is 0 Å². The second kappa shape index (κ2) is 8.02. The second-order valence-corrected chi connectivity index (χ2v) is 6.71. The number of nitrogens with zero attached hydrogens (tertiary/aromatic N) is 1.